The van der Waals surface area contributed by atoms with Crippen molar-refractivity contribution in [1.82, 2.24) is 5.32 Å². The summed E-state index contributed by atoms with van der Waals surface area (Å²) in [4.78, 5) is 11.2. The minimum Gasteiger partial charge on any atom is -0.356 e. The molecule has 3 heteroatoms. The molecule has 0 fully saturated rings. The molecule has 72 valence electrons. The zero-order chi connectivity index (χ0) is 9.56. The summed E-state index contributed by atoms with van der Waals surface area (Å²) < 4.78 is 0. The van der Waals surface area contributed by atoms with Gasteiger partial charge >= 0.3 is 0 Å². The lowest BCUT2D eigenvalue weighted by molar-refractivity contribution is -0.124. The standard InChI is InChI=1S/C9H20N2O/c1-7(2)4-5-11-9(12)8(3)6-10/h7-8H,4-6,10H2,1-3H3,(H,11,12). The average molecular weight is 172 g/mol. The summed E-state index contributed by atoms with van der Waals surface area (Å²) in [7, 11) is 0. The third kappa shape index (κ3) is 5.13. The van der Waals surface area contributed by atoms with Gasteiger partial charge in [-0.05, 0) is 12.3 Å². The molecule has 1 amide bonds. The molecule has 0 saturated carbocycles. The highest BCUT2D eigenvalue weighted by Gasteiger charge is 2.09. The van der Waals surface area contributed by atoms with Crippen molar-refractivity contribution in [3.8, 4) is 0 Å². The molecule has 0 aliphatic rings. The van der Waals surface area contributed by atoms with Gasteiger partial charge in [0.15, 0.2) is 0 Å². The highest BCUT2D eigenvalue weighted by Crippen LogP contribution is 1.97. The van der Waals surface area contributed by atoms with E-state index in [2.05, 4.69) is 19.2 Å². The summed E-state index contributed by atoms with van der Waals surface area (Å²) in [5.74, 6) is 0.647. The van der Waals surface area contributed by atoms with Gasteiger partial charge in [0, 0.05) is 19.0 Å². The van der Waals surface area contributed by atoms with Crippen LogP contribution in [0.15, 0.2) is 0 Å². The molecular weight excluding hydrogens is 152 g/mol. The summed E-state index contributed by atoms with van der Waals surface area (Å²) in [6.45, 7) is 7.30. The van der Waals surface area contributed by atoms with Gasteiger partial charge in [-0.2, -0.15) is 0 Å². The van der Waals surface area contributed by atoms with E-state index in [1.54, 1.807) is 0 Å². The minimum absolute atomic E-state index is 0.0582. The molecule has 0 heterocycles. The molecule has 0 rings (SSSR count). The third-order valence-electron chi connectivity index (χ3n) is 1.82. The van der Waals surface area contributed by atoms with Gasteiger partial charge in [0.05, 0.1) is 0 Å². The number of nitrogens with two attached hydrogens (primary N) is 1. The van der Waals surface area contributed by atoms with Crippen molar-refractivity contribution in [2.75, 3.05) is 13.1 Å². The molecule has 0 aliphatic heterocycles. The Kier molecular flexibility index (Phi) is 5.72. The summed E-state index contributed by atoms with van der Waals surface area (Å²) >= 11 is 0. The summed E-state index contributed by atoms with van der Waals surface area (Å²) in [5.41, 5.74) is 5.34. The average Bonchev–Trinajstić information content (AvgIpc) is 2.02. The number of carbonyl (C=O) groups is 1. The van der Waals surface area contributed by atoms with Gasteiger partial charge in [-0.15, -0.1) is 0 Å². The van der Waals surface area contributed by atoms with Crippen molar-refractivity contribution in [3.05, 3.63) is 0 Å². The largest absolute Gasteiger partial charge is 0.356 e. The van der Waals surface area contributed by atoms with Crippen LogP contribution in [0, 0.1) is 11.8 Å². The molecule has 0 aliphatic carbocycles. The van der Waals surface area contributed by atoms with Crippen LogP contribution in [0.5, 0.6) is 0 Å². The second-order valence-electron chi connectivity index (χ2n) is 3.61. The Hall–Kier alpha value is -0.570. The maximum absolute atomic E-state index is 11.2. The number of rotatable bonds is 5. The quantitative estimate of drug-likeness (QED) is 0.642. The molecule has 0 saturated heterocycles. The third-order valence-corrected chi connectivity index (χ3v) is 1.82. The summed E-state index contributed by atoms with van der Waals surface area (Å²) in [5, 5.41) is 2.85. The zero-order valence-electron chi connectivity index (χ0n) is 8.26. The van der Waals surface area contributed by atoms with Crippen LogP contribution in [0.1, 0.15) is 27.2 Å². The van der Waals surface area contributed by atoms with Gasteiger partial charge in [0.1, 0.15) is 0 Å². The maximum Gasteiger partial charge on any atom is 0.224 e. The normalized spacial score (nSPS) is 13.1. The van der Waals surface area contributed by atoms with E-state index in [1.807, 2.05) is 6.92 Å². The Labute approximate surface area is 74.7 Å². The van der Waals surface area contributed by atoms with Gasteiger partial charge in [-0.3, -0.25) is 4.79 Å². The number of nitrogens with one attached hydrogen (secondary N) is 1. The van der Waals surface area contributed by atoms with Gasteiger partial charge in [-0.25, -0.2) is 0 Å². The molecule has 3 nitrogen and oxygen atoms in total. The second kappa shape index (κ2) is 6.00. The molecule has 12 heavy (non-hydrogen) atoms. The Morgan fingerprint density at radius 3 is 2.42 bits per heavy atom. The van der Waals surface area contributed by atoms with Crippen LogP contribution in [0.25, 0.3) is 0 Å². The van der Waals surface area contributed by atoms with Gasteiger partial charge in [0.25, 0.3) is 0 Å². The fraction of sp³-hybridized carbons (Fsp3) is 0.889. The minimum atomic E-state index is -0.0582. The van der Waals surface area contributed by atoms with Crippen LogP contribution in [0.4, 0.5) is 0 Å². The fourth-order valence-corrected chi connectivity index (χ4v) is 0.765. The Morgan fingerprint density at radius 2 is 2.00 bits per heavy atom. The summed E-state index contributed by atoms with van der Waals surface area (Å²) in [6, 6.07) is 0. The van der Waals surface area contributed by atoms with E-state index in [9.17, 15) is 4.79 Å². The lowest BCUT2D eigenvalue weighted by atomic mass is 10.1. The predicted octanol–water partition coefficient (Wildman–Crippen LogP) is 0.744. The van der Waals surface area contributed by atoms with Crippen molar-refractivity contribution in [2.24, 2.45) is 17.6 Å². The molecule has 0 aromatic carbocycles. The molecule has 0 spiro atoms. The van der Waals surface area contributed by atoms with Crippen molar-refractivity contribution in [3.63, 3.8) is 0 Å². The topological polar surface area (TPSA) is 55.1 Å². The van der Waals surface area contributed by atoms with Crippen LogP contribution in [-0.4, -0.2) is 19.0 Å². The van der Waals surface area contributed by atoms with E-state index in [1.165, 1.54) is 0 Å². The first-order chi connectivity index (χ1) is 5.57. The Balaban J connectivity index is 3.44. The van der Waals surface area contributed by atoms with Gasteiger partial charge in [0.2, 0.25) is 5.91 Å². The van der Waals surface area contributed by atoms with Gasteiger partial charge in [-0.1, -0.05) is 20.8 Å². The second-order valence-corrected chi connectivity index (χ2v) is 3.61. The monoisotopic (exact) mass is 172 g/mol. The predicted molar refractivity (Wildman–Crippen MR) is 50.7 cm³/mol. The van der Waals surface area contributed by atoms with Crippen LogP contribution in [-0.2, 0) is 4.79 Å². The van der Waals surface area contributed by atoms with Crippen LogP contribution in [0.2, 0.25) is 0 Å². The number of amides is 1. The molecule has 0 radical (unpaired) electrons. The van der Waals surface area contributed by atoms with Crippen LogP contribution in [0.3, 0.4) is 0 Å². The first-order valence-corrected chi connectivity index (χ1v) is 4.55. The smallest absolute Gasteiger partial charge is 0.224 e. The number of hydrogen-bond acceptors (Lipinski definition) is 2. The fourth-order valence-electron chi connectivity index (χ4n) is 0.765. The van der Waals surface area contributed by atoms with Crippen molar-refractivity contribution < 1.29 is 4.79 Å². The summed E-state index contributed by atoms with van der Waals surface area (Å²) in [6.07, 6.45) is 1.03. The Bertz CT molecular complexity index is 134. The zero-order valence-corrected chi connectivity index (χ0v) is 8.26. The van der Waals surface area contributed by atoms with E-state index in [-0.39, 0.29) is 11.8 Å². The SMILES string of the molecule is CC(C)CCNC(=O)C(C)CN. The molecule has 3 N–H and O–H groups in total. The highest BCUT2D eigenvalue weighted by molar-refractivity contribution is 5.78. The van der Waals surface area contributed by atoms with E-state index in [0.717, 1.165) is 13.0 Å². The van der Waals surface area contributed by atoms with E-state index in [0.29, 0.717) is 12.5 Å². The highest BCUT2D eigenvalue weighted by atomic mass is 16.1. The molecule has 0 bridgehead atoms. The number of hydrogen-bond donors (Lipinski definition) is 2. The lowest BCUT2D eigenvalue weighted by Gasteiger charge is -2.10. The van der Waals surface area contributed by atoms with Crippen molar-refractivity contribution in [1.29, 1.82) is 0 Å². The molecule has 0 aromatic heterocycles. The first kappa shape index (κ1) is 11.4. The van der Waals surface area contributed by atoms with E-state index < -0.39 is 0 Å². The molecular formula is C9H20N2O. The van der Waals surface area contributed by atoms with Crippen LogP contribution >= 0.6 is 0 Å². The maximum atomic E-state index is 11.2. The van der Waals surface area contributed by atoms with Gasteiger partial charge < -0.3 is 11.1 Å². The number of carbonyl (C=O) groups excluding carboxylic acids is 1. The first-order valence-electron chi connectivity index (χ1n) is 4.55. The molecule has 1 atom stereocenters. The lowest BCUT2D eigenvalue weighted by Crippen LogP contribution is -2.34. The van der Waals surface area contributed by atoms with Crippen molar-refractivity contribution in [2.45, 2.75) is 27.2 Å². The van der Waals surface area contributed by atoms with E-state index >= 15 is 0 Å². The van der Waals surface area contributed by atoms with E-state index in [4.69, 9.17) is 5.73 Å². The van der Waals surface area contributed by atoms with Crippen molar-refractivity contribution >= 4 is 5.91 Å². The Morgan fingerprint density at radius 1 is 1.42 bits per heavy atom. The molecule has 1 unspecified atom stereocenters. The van der Waals surface area contributed by atoms with Crippen LogP contribution < -0.4 is 11.1 Å². The molecule has 0 aromatic rings.